The summed E-state index contributed by atoms with van der Waals surface area (Å²) in [5, 5.41) is 3.31. The van der Waals surface area contributed by atoms with Crippen molar-refractivity contribution in [3.05, 3.63) is 28.2 Å². The molecule has 1 N–H and O–H groups in total. The molecule has 17 heavy (non-hydrogen) atoms. The van der Waals surface area contributed by atoms with Crippen molar-refractivity contribution in [3.63, 3.8) is 0 Å². The molecule has 3 heteroatoms. The van der Waals surface area contributed by atoms with Gasteiger partial charge in [-0.2, -0.15) is 0 Å². The first-order valence-electron chi connectivity index (χ1n) is 6.37. The molecule has 0 aliphatic carbocycles. The van der Waals surface area contributed by atoms with E-state index in [9.17, 15) is 0 Å². The van der Waals surface area contributed by atoms with Crippen molar-refractivity contribution in [2.45, 2.75) is 38.7 Å². The second-order valence-electron chi connectivity index (χ2n) is 4.73. The molecule has 1 aromatic rings. The first-order valence-corrected chi connectivity index (χ1v) is 7.16. The Balaban J connectivity index is 2.08. The first-order chi connectivity index (χ1) is 8.20. The van der Waals surface area contributed by atoms with Crippen LogP contribution in [-0.2, 0) is 0 Å². The van der Waals surface area contributed by atoms with Crippen LogP contribution in [0.1, 0.15) is 38.2 Å². The van der Waals surface area contributed by atoms with E-state index in [0.29, 0.717) is 12.0 Å². The highest BCUT2D eigenvalue weighted by Gasteiger charge is 2.17. The summed E-state index contributed by atoms with van der Waals surface area (Å²) in [5.74, 6) is 1.57. The van der Waals surface area contributed by atoms with Gasteiger partial charge in [0.05, 0.1) is 4.47 Å². The Morgan fingerprint density at radius 1 is 1.53 bits per heavy atom. The summed E-state index contributed by atoms with van der Waals surface area (Å²) in [6, 6.07) is 6.45. The molecule has 0 amide bonds. The number of benzene rings is 1. The number of nitrogens with one attached hydrogen (secondary N) is 1. The molecular weight excluding hydrogens is 278 g/mol. The summed E-state index contributed by atoms with van der Waals surface area (Å²) in [4.78, 5) is 0. The van der Waals surface area contributed by atoms with E-state index < -0.39 is 0 Å². The molecule has 2 atom stereocenters. The number of halogens is 1. The maximum Gasteiger partial charge on any atom is 0.133 e. The van der Waals surface area contributed by atoms with Crippen LogP contribution in [0.4, 0.5) is 0 Å². The molecule has 1 heterocycles. The third kappa shape index (κ3) is 3.23. The zero-order valence-corrected chi connectivity index (χ0v) is 12.1. The third-order valence-electron chi connectivity index (χ3n) is 3.45. The zero-order chi connectivity index (χ0) is 12.3. The predicted molar refractivity (Wildman–Crippen MR) is 74.8 cm³/mol. The van der Waals surface area contributed by atoms with Crippen LogP contribution < -0.4 is 10.1 Å². The van der Waals surface area contributed by atoms with Crippen molar-refractivity contribution in [1.29, 1.82) is 0 Å². The number of hydrogen-bond acceptors (Lipinski definition) is 2. The van der Waals surface area contributed by atoms with Crippen molar-refractivity contribution in [2.24, 2.45) is 0 Å². The molecule has 1 aromatic carbocycles. The maximum atomic E-state index is 5.97. The van der Waals surface area contributed by atoms with Gasteiger partial charge < -0.3 is 10.1 Å². The average molecular weight is 298 g/mol. The predicted octanol–water partition coefficient (Wildman–Crippen LogP) is 3.70. The summed E-state index contributed by atoms with van der Waals surface area (Å²) in [7, 11) is 0. The van der Waals surface area contributed by atoms with Gasteiger partial charge in [0.2, 0.25) is 0 Å². The minimum absolute atomic E-state index is 0.320. The highest BCUT2D eigenvalue weighted by Crippen LogP contribution is 2.31. The Hall–Kier alpha value is -0.540. The topological polar surface area (TPSA) is 21.3 Å². The minimum atomic E-state index is 0.320. The van der Waals surface area contributed by atoms with E-state index in [-0.39, 0.29) is 0 Å². The number of ether oxygens (including phenoxy) is 1. The monoisotopic (exact) mass is 297 g/mol. The summed E-state index contributed by atoms with van der Waals surface area (Å²) in [6.07, 6.45) is 2.58. The van der Waals surface area contributed by atoms with Crippen LogP contribution in [0.2, 0.25) is 0 Å². The summed E-state index contributed by atoms with van der Waals surface area (Å²) in [5.41, 5.74) is 1.37. The lowest BCUT2D eigenvalue weighted by molar-refractivity contribution is 0.221. The van der Waals surface area contributed by atoms with Gasteiger partial charge >= 0.3 is 0 Å². The Kier molecular flexibility index (Phi) is 4.46. The molecule has 0 spiro atoms. The molecule has 2 nitrogen and oxygen atoms in total. The number of rotatable bonds is 4. The normalized spacial score (nSPS) is 21.5. The molecule has 94 valence electrons. The van der Waals surface area contributed by atoms with Gasteiger partial charge in [0.15, 0.2) is 0 Å². The van der Waals surface area contributed by atoms with Gasteiger partial charge in [0.25, 0.3) is 0 Å². The van der Waals surface area contributed by atoms with Crippen LogP contribution >= 0.6 is 15.9 Å². The molecule has 2 rings (SSSR count). The molecule has 0 aromatic heterocycles. The van der Waals surface area contributed by atoms with E-state index in [2.05, 4.69) is 53.3 Å². The van der Waals surface area contributed by atoms with E-state index in [1.807, 2.05) is 0 Å². The third-order valence-corrected chi connectivity index (χ3v) is 4.07. The van der Waals surface area contributed by atoms with Crippen LogP contribution in [0.5, 0.6) is 5.75 Å². The number of hydrogen-bond donors (Lipinski definition) is 1. The van der Waals surface area contributed by atoms with Crippen LogP contribution in [0.3, 0.4) is 0 Å². The van der Waals surface area contributed by atoms with Gasteiger partial charge in [-0.05, 0) is 58.9 Å². The Bertz CT molecular complexity index is 374. The lowest BCUT2D eigenvalue weighted by Crippen LogP contribution is -2.19. The van der Waals surface area contributed by atoms with E-state index in [0.717, 1.165) is 29.7 Å². The molecule has 0 radical (unpaired) electrons. The molecule has 1 saturated heterocycles. The summed E-state index contributed by atoms with van der Waals surface area (Å²) >= 11 is 3.61. The fraction of sp³-hybridized carbons (Fsp3) is 0.571. The van der Waals surface area contributed by atoms with E-state index in [1.165, 1.54) is 12.0 Å². The van der Waals surface area contributed by atoms with Crippen molar-refractivity contribution in [1.82, 2.24) is 5.32 Å². The summed E-state index contributed by atoms with van der Waals surface area (Å²) < 4.78 is 7.04. The van der Waals surface area contributed by atoms with Crippen LogP contribution in [0, 0.1) is 0 Å². The van der Waals surface area contributed by atoms with Gasteiger partial charge in [0, 0.05) is 6.54 Å². The molecule has 0 unspecified atom stereocenters. The second kappa shape index (κ2) is 5.87. The van der Waals surface area contributed by atoms with Gasteiger partial charge in [-0.3, -0.25) is 0 Å². The van der Waals surface area contributed by atoms with Crippen LogP contribution in [-0.4, -0.2) is 19.2 Å². The Morgan fingerprint density at radius 3 is 2.94 bits per heavy atom. The van der Waals surface area contributed by atoms with Gasteiger partial charge in [-0.1, -0.05) is 19.9 Å². The van der Waals surface area contributed by atoms with Gasteiger partial charge in [-0.15, -0.1) is 0 Å². The molecule has 0 bridgehead atoms. The fourth-order valence-corrected chi connectivity index (χ4v) is 2.55. The van der Waals surface area contributed by atoms with Gasteiger partial charge in [-0.25, -0.2) is 0 Å². The van der Waals surface area contributed by atoms with Crippen LogP contribution in [0.15, 0.2) is 22.7 Å². The Morgan fingerprint density at radius 2 is 2.35 bits per heavy atom. The molecule has 1 aliphatic rings. The van der Waals surface area contributed by atoms with Crippen molar-refractivity contribution < 1.29 is 4.74 Å². The minimum Gasteiger partial charge on any atom is -0.488 e. The average Bonchev–Trinajstić information content (AvgIpc) is 2.83. The smallest absolute Gasteiger partial charge is 0.133 e. The van der Waals surface area contributed by atoms with Crippen LogP contribution in [0.25, 0.3) is 0 Å². The van der Waals surface area contributed by atoms with E-state index in [4.69, 9.17) is 4.74 Å². The van der Waals surface area contributed by atoms with E-state index >= 15 is 0 Å². The highest BCUT2D eigenvalue weighted by atomic mass is 79.9. The van der Waals surface area contributed by atoms with E-state index in [1.54, 1.807) is 0 Å². The molecular formula is C14H20BrNO. The molecule has 1 fully saturated rings. The first kappa shape index (κ1) is 12.9. The largest absolute Gasteiger partial charge is 0.488 e. The van der Waals surface area contributed by atoms with Crippen molar-refractivity contribution in [2.75, 3.05) is 13.1 Å². The quantitative estimate of drug-likeness (QED) is 0.915. The fourth-order valence-electron chi connectivity index (χ4n) is 2.06. The highest BCUT2D eigenvalue weighted by molar-refractivity contribution is 9.10. The second-order valence-corrected chi connectivity index (χ2v) is 5.59. The van der Waals surface area contributed by atoms with Gasteiger partial charge in [0.1, 0.15) is 11.9 Å². The van der Waals surface area contributed by atoms with Crippen molar-refractivity contribution >= 4 is 15.9 Å². The lowest BCUT2D eigenvalue weighted by Gasteiger charge is -2.16. The van der Waals surface area contributed by atoms with Crippen molar-refractivity contribution in [3.8, 4) is 5.75 Å². The lowest BCUT2D eigenvalue weighted by atomic mass is 9.99. The molecule has 1 aliphatic heterocycles. The summed E-state index contributed by atoms with van der Waals surface area (Å²) in [6.45, 7) is 6.49. The Labute approximate surface area is 112 Å². The molecule has 0 saturated carbocycles. The zero-order valence-electron chi connectivity index (χ0n) is 10.5. The maximum absolute atomic E-state index is 5.97. The SMILES string of the molecule is CC[C@@H](C)c1ccc(O[C@@H]2CCNC2)c(Br)c1. The standard InChI is InChI=1S/C14H20BrNO/c1-3-10(2)11-4-5-14(13(15)8-11)17-12-6-7-16-9-12/h4-5,8,10,12,16H,3,6-7,9H2,1-2H3/t10-,12-/m1/s1.